The van der Waals surface area contributed by atoms with Crippen molar-refractivity contribution in [1.29, 1.82) is 0 Å². The highest BCUT2D eigenvalue weighted by molar-refractivity contribution is 6.46. The average molecular weight is 431 g/mol. The Labute approximate surface area is 184 Å². The van der Waals surface area contributed by atoms with Crippen molar-refractivity contribution >= 4 is 17.4 Å². The number of methoxy groups -OCH3 is 1. The highest BCUT2D eigenvalue weighted by atomic mass is 16.5. The quantitative estimate of drug-likeness (QED) is 0.375. The molecule has 2 aliphatic heterocycles. The number of aliphatic hydroxyl groups excluding tert-OH is 1. The van der Waals surface area contributed by atoms with Crippen molar-refractivity contribution in [3.8, 4) is 11.5 Å². The molecular formula is C25H21NO6. The lowest BCUT2D eigenvalue weighted by Gasteiger charge is -2.23. The topological polar surface area (TPSA) is 89.2 Å². The summed E-state index contributed by atoms with van der Waals surface area (Å²) < 4.78 is 16.3. The molecule has 7 nitrogen and oxygen atoms in total. The van der Waals surface area contributed by atoms with Crippen molar-refractivity contribution in [3.63, 3.8) is 0 Å². The number of likely N-dealkylation sites (tertiary alicyclic amines) is 1. The molecule has 1 amide bonds. The molecule has 0 saturated carbocycles. The van der Waals surface area contributed by atoms with Crippen LogP contribution < -0.4 is 9.47 Å². The number of rotatable bonds is 5. The molecule has 7 heteroatoms. The highest BCUT2D eigenvalue weighted by Crippen LogP contribution is 2.41. The summed E-state index contributed by atoms with van der Waals surface area (Å²) in [6.45, 7) is 0.757. The molecule has 1 N–H and O–H groups in total. The van der Waals surface area contributed by atoms with Crippen LogP contribution in [0.1, 0.15) is 28.5 Å². The number of furan rings is 1. The van der Waals surface area contributed by atoms with E-state index in [4.69, 9.17) is 13.9 Å². The number of hydrogen-bond donors (Lipinski definition) is 1. The van der Waals surface area contributed by atoms with Gasteiger partial charge in [-0.25, -0.2) is 0 Å². The minimum Gasteiger partial charge on any atom is -0.507 e. The van der Waals surface area contributed by atoms with Gasteiger partial charge in [-0.05, 0) is 53.6 Å². The van der Waals surface area contributed by atoms with Crippen LogP contribution >= 0.6 is 0 Å². The number of Topliss-reactive ketones (excluding diaryl/α,β-unsaturated/α-hetero) is 1. The zero-order valence-electron chi connectivity index (χ0n) is 17.4. The molecular weight excluding hydrogens is 410 g/mol. The first-order valence-corrected chi connectivity index (χ1v) is 10.3. The van der Waals surface area contributed by atoms with E-state index in [-0.39, 0.29) is 17.9 Å². The lowest BCUT2D eigenvalue weighted by Crippen LogP contribution is -2.29. The second kappa shape index (κ2) is 7.92. The molecule has 32 heavy (non-hydrogen) atoms. The lowest BCUT2D eigenvalue weighted by molar-refractivity contribution is -0.140. The van der Waals surface area contributed by atoms with Crippen LogP contribution in [0.2, 0.25) is 0 Å². The minimum atomic E-state index is -0.836. The van der Waals surface area contributed by atoms with Gasteiger partial charge in [0.05, 0.1) is 25.6 Å². The summed E-state index contributed by atoms with van der Waals surface area (Å²) in [7, 11) is 1.58. The van der Waals surface area contributed by atoms with Crippen molar-refractivity contribution in [2.75, 3.05) is 13.7 Å². The number of nitrogens with zero attached hydrogens (tertiary/aromatic N) is 1. The molecule has 3 heterocycles. The van der Waals surface area contributed by atoms with E-state index >= 15 is 0 Å². The van der Waals surface area contributed by atoms with Crippen LogP contribution in [-0.4, -0.2) is 35.4 Å². The SMILES string of the molecule is COc1ccc(CN2C(=O)C(=O)/C(=C(\O)c3ccc4c(c3)CCO4)C2c2ccco2)cc1. The smallest absolute Gasteiger partial charge is 0.296 e. The van der Waals surface area contributed by atoms with Crippen molar-refractivity contribution < 1.29 is 28.6 Å². The van der Waals surface area contributed by atoms with Gasteiger partial charge in [0.1, 0.15) is 29.1 Å². The Morgan fingerprint density at radius 1 is 1.16 bits per heavy atom. The van der Waals surface area contributed by atoms with Crippen LogP contribution in [0.15, 0.2) is 70.9 Å². The fourth-order valence-corrected chi connectivity index (χ4v) is 4.20. The van der Waals surface area contributed by atoms with Crippen molar-refractivity contribution in [1.82, 2.24) is 4.90 Å². The summed E-state index contributed by atoms with van der Waals surface area (Å²) >= 11 is 0. The van der Waals surface area contributed by atoms with Gasteiger partial charge in [-0.3, -0.25) is 9.59 Å². The third kappa shape index (κ3) is 3.32. The maximum Gasteiger partial charge on any atom is 0.296 e. The maximum absolute atomic E-state index is 13.1. The summed E-state index contributed by atoms with van der Waals surface area (Å²) in [4.78, 5) is 27.5. The highest BCUT2D eigenvalue weighted by Gasteiger charge is 2.47. The molecule has 0 radical (unpaired) electrons. The van der Waals surface area contributed by atoms with E-state index in [9.17, 15) is 14.7 Å². The number of aliphatic hydroxyl groups is 1. The van der Waals surface area contributed by atoms with E-state index < -0.39 is 17.7 Å². The van der Waals surface area contributed by atoms with Crippen LogP contribution in [0.3, 0.4) is 0 Å². The van der Waals surface area contributed by atoms with Gasteiger partial charge < -0.3 is 23.9 Å². The molecule has 1 saturated heterocycles. The van der Waals surface area contributed by atoms with Gasteiger partial charge in [0.15, 0.2) is 0 Å². The fourth-order valence-electron chi connectivity index (χ4n) is 4.20. The van der Waals surface area contributed by atoms with Crippen LogP contribution in [0, 0.1) is 0 Å². The molecule has 1 unspecified atom stereocenters. The van der Waals surface area contributed by atoms with E-state index in [1.165, 1.54) is 11.2 Å². The summed E-state index contributed by atoms with van der Waals surface area (Å²) in [5, 5.41) is 11.1. The number of ether oxygens (including phenoxy) is 2. The van der Waals surface area contributed by atoms with Crippen LogP contribution in [-0.2, 0) is 22.6 Å². The van der Waals surface area contributed by atoms with Crippen LogP contribution in [0.4, 0.5) is 0 Å². The summed E-state index contributed by atoms with van der Waals surface area (Å²) in [5.74, 6) is 0.214. The Morgan fingerprint density at radius 2 is 1.97 bits per heavy atom. The number of amides is 1. The normalized spacial score (nSPS) is 19.2. The third-order valence-corrected chi connectivity index (χ3v) is 5.83. The number of hydrogen-bond acceptors (Lipinski definition) is 6. The average Bonchev–Trinajstić information content (AvgIpc) is 3.55. The van der Waals surface area contributed by atoms with Gasteiger partial charge in [0, 0.05) is 18.5 Å². The van der Waals surface area contributed by atoms with Gasteiger partial charge in [-0.1, -0.05) is 12.1 Å². The zero-order chi connectivity index (χ0) is 22.2. The van der Waals surface area contributed by atoms with Gasteiger partial charge in [-0.15, -0.1) is 0 Å². The maximum atomic E-state index is 13.1. The number of ketones is 1. The van der Waals surface area contributed by atoms with Crippen molar-refractivity contribution in [3.05, 3.63) is 88.9 Å². The molecule has 3 aromatic rings. The number of benzene rings is 2. The summed E-state index contributed by atoms with van der Waals surface area (Å²) in [6, 6.07) is 15.1. The molecule has 5 rings (SSSR count). The monoisotopic (exact) mass is 431 g/mol. The van der Waals surface area contributed by atoms with Gasteiger partial charge in [0.2, 0.25) is 0 Å². The molecule has 0 spiro atoms. The molecule has 0 aliphatic carbocycles. The minimum absolute atomic E-state index is 0.0114. The summed E-state index contributed by atoms with van der Waals surface area (Å²) in [5.41, 5.74) is 2.25. The Bertz CT molecular complexity index is 1210. The Balaban J connectivity index is 1.57. The molecule has 0 bridgehead atoms. The summed E-state index contributed by atoms with van der Waals surface area (Å²) in [6.07, 6.45) is 2.21. The van der Waals surface area contributed by atoms with Crippen LogP contribution in [0.5, 0.6) is 11.5 Å². The first kappa shape index (κ1) is 19.9. The lowest BCUT2D eigenvalue weighted by atomic mass is 9.98. The Hall–Kier alpha value is -4.00. The van der Waals surface area contributed by atoms with E-state index in [0.29, 0.717) is 23.7 Å². The predicted octanol–water partition coefficient (Wildman–Crippen LogP) is 3.85. The first-order chi connectivity index (χ1) is 15.6. The molecule has 1 atom stereocenters. The molecule has 1 fully saturated rings. The Kier molecular flexibility index (Phi) is 4.93. The number of carbonyl (C=O) groups is 2. The van der Waals surface area contributed by atoms with Crippen LogP contribution in [0.25, 0.3) is 5.76 Å². The fraction of sp³-hybridized carbons (Fsp3) is 0.200. The van der Waals surface area contributed by atoms with E-state index in [1.54, 1.807) is 49.6 Å². The molecule has 2 aromatic carbocycles. The second-order valence-electron chi connectivity index (χ2n) is 7.71. The Morgan fingerprint density at radius 3 is 2.69 bits per heavy atom. The van der Waals surface area contributed by atoms with E-state index in [1.807, 2.05) is 12.1 Å². The third-order valence-electron chi connectivity index (χ3n) is 5.83. The molecule has 2 aliphatic rings. The molecule has 162 valence electrons. The van der Waals surface area contributed by atoms with E-state index in [2.05, 4.69) is 0 Å². The largest absolute Gasteiger partial charge is 0.507 e. The number of fused-ring (bicyclic) bond motifs is 1. The van der Waals surface area contributed by atoms with Crippen molar-refractivity contribution in [2.45, 2.75) is 19.0 Å². The van der Waals surface area contributed by atoms with E-state index in [0.717, 1.165) is 23.3 Å². The second-order valence-corrected chi connectivity index (χ2v) is 7.71. The van der Waals surface area contributed by atoms with Gasteiger partial charge >= 0.3 is 0 Å². The predicted molar refractivity (Wildman–Crippen MR) is 115 cm³/mol. The van der Waals surface area contributed by atoms with Gasteiger partial charge in [0.25, 0.3) is 11.7 Å². The zero-order valence-corrected chi connectivity index (χ0v) is 17.4. The van der Waals surface area contributed by atoms with Crippen molar-refractivity contribution in [2.24, 2.45) is 0 Å². The standard InChI is InChI=1S/C25H21NO6/c1-30-18-7-4-15(5-8-18)14-26-22(20-3-2-11-31-20)21(24(28)25(26)29)23(27)17-6-9-19-16(13-17)10-12-32-19/h2-9,11,13,22,27H,10,12,14H2,1H3/b23-21-. The first-order valence-electron chi connectivity index (χ1n) is 10.3. The molecule has 1 aromatic heterocycles. The van der Waals surface area contributed by atoms with Gasteiger partial charge in [-0.2, -0.15) is 0 Å². The number of carbonyl (C=O) groups excluding carboxylic acids is 2.